The zero-order valence-corrected chi connectivity index (χ0v) is 13.3. The normalized spacial score (nSPS) is 10.4. The highest BCUT2D eigenvalue weighted by atomic mass is 35.5. The van der Waals surface area contributed by atoms with Crippen LogP contribution < -0.4 is 5.32 Å². The van der Waals surface area contributed by atoms with E-state index in [1.807, 2.05) is 24.3 Å². The summed E-state index contributed by atoms with van der Waals surface area (Å²) in [5, 5.41) is 12.7. The Labute approximate surface area is 137 Å². The molecule has 2 aromatic rings. The minimum absolute atomic E-state index is 0.0126. The van der Waals surface area contributed by atoms with E-state index in [2.05, 4.69) is 5.32 Å². The van der Waals surface area contributed by atoms with E-state index >= 15 is 0 Å². The number of aliphatic hydroxyl groups is 1. The van der Waals surface area contributed by atoms with Gasteiger partial charge < -0.3 is 10.4 Å². The van der Waals surface area contributed by atoms with Gasteiger partial charge in [-0.25, -0.2) is 0 Å². The Balaban J connectivity index is 1.91. The highest BCUT2D eigenvalue weighted by Gasteiger charge is 2.07. The number of rotatable bonds is 5. The van der Waals surface area contributed by atoms with Crippen LogP contribution in [0.5, 0.6) is 0 Å². The van der Waals surface area contributed by atoms with Gasteiger partial charge in [-0.3, -0.25) is 4.79 Å². The van der Waals surface area contributed by atoms with Crippen LogP contribution in [0.3, 0.4) is 0 Å². The molecule has 0 heterocycles. The van der Waals surface area contributed by atoms with E-state index in [1.54, 1.807) is 18.2 Å². The summed E-state index contributed by atoms with van der Waals surface area (Å²) >= 11 is 13.3. The molecular weight excluding hydrogens is 329 g/mol. The van der Waals surface area contributed by atoms with Crippen molar-refractivity contribution in [1.29, 1.82) is 0 Å². The molecule has 0 radical (unpaired) electrons. The minimum atomic E-state index is -0.157. The Hall–Kier alpha value is -1.20. The van der Waals surface area contributed by atoms with E-state index < -0.39 is 0 Å². The number of halogens is 2. The van der Waals surface area contributed by atoms with Gasteiger partial charge >= 0.3 is 0 Å². The molecule has 110 valence electrons. The van der Waals surface area contributed by atoms with Crippen molar-refractivity contribution in [3.8, 4) is 0 Å². The van der Waals surface area contributed by atoms with Gasteiger partial charge in [-0.15, -0.1) is 11.8 Å². The van der Waals surface area contributed by atoms with E-state index in [4.69, 9.17) is 28.3 Å². The number of benzene rings is 2. The molecule has 6 heteroatoms. The number of aliphatic hydroxyl groups excluding tert-OH is 1. The fraction of sp³-hybridized carbons (Fsp3) is 0.133. The highest BCUT2D eigenvalue weighted by Crippen LogP contribution is 2.26. The number of amides is 1. The van der Waals surface area contributed by atoms with Gasteiger partial charge in [0.1, 0.15) is 0 Å². The van der Waals surface area contributed by atoms with Gasteiger partial charge in [0.2, 0.25) is 5.91 Å². The average Bonchev–Trinajstić information content (AvgIpc) is 2.49. The summed E-state index contributed by atoms with van der Waals surface area (Å²) in [5.74, 6) is 0.108. The first-order valence-electron chi connectivity index (χ1n) is 6.16. The Bertz CT molecular complexity index is 632. The average molecular weight is 342 g/mol. The lowest BCUT2D eigenvalue weighted by Gasteiger charge is -2.07. The van der Waals surface area contributed by atoms with Gasteiger partial charge in [-0.2, -0.15) is 0 Å². The molecule has 0 aromatic heterocycles. The highest BCUT2D eigenvalue weighted by molar-refractivity contribution is 8.00. The van der Waals surface area contributed by atoms with E-state index in [1.165, 1.54) is 11.8 Å². The van der Waals surface area contributed by atoms with E-state index in [0.717, 1.165) is 10.5 Å². The van der Waals surface area contributed by atoms with Crippen molar-refractivity contribution in [2.24, 2.45) is 0 Å². The molecule has 3 nitrogen and oxygen atoms in total. The minimum Gasteiger partial charge on any atom is -0.392 e. The van der Waals surface area contributed by atoms with Gasteiger partial charge in [0.25, 0.3) is 0 Å². The zero-order chi connectivity index (χ0) is 15.2. The lowest BCUT2D eigenvalue weighted by Crippen LogP contribution is -2.14. The van der Waals surface area contributed by atoms with Crippen LogP contribution in [-0.4, -0.2) is 16.8 Å². The van der Waals surface area contributed by atoms with Crippen molar-refractivity contribution >= 4 is 46.6 Å². The van der Waals surface area contributed by atoms with Gasteiger partial charge in [0.05, 0.1) is 23.1 Å². The molecule has 2 N–H and O–H groups in total. The van der Waals surface area contributed by atoms with Crippen LogP contribution in [0.15, 0.2) is 47.4 Å². The van der Waals surface area contributed by atoms with Crippen molar-refractivity contribution in [3.63, 3.8) is 0 Å². The van der Waals surface area contributed by atoms with E-state index in [-0.39, 0.29) is 18.3 Å². The predicted octanol–water partition coefficient (Wildman–Crippen LogP) is 4.22. The van der Waals surface area contributed by atoms with Crippen LogP contribution in [0, 0.1) is 0 Å². The van der Waals surface area contributed by atoms with Crippen LogP contribution >= 0.6 is 35.0 Å². The number of carbonyl (C=O) groups is 1. The van der Waals surface area contributed by atoms with Crippen LogP contribution in [0.4, 0.5) is 5.69 Å². The summed E-state index contributed by atoms with van der Waals surface area (Å²) in [5.41, 5.74) is 1.35. The fourth-order valence-electron chi connectivity index (χ4n) is 1.62. The third kappa shape index (κ3) is 4.93. The van der Waals surface area contributed by atoms with Gasteiger partial charge in [0.15, 0.2) is 0 Å². The summed E-state index contributed by atoms with van der Waals surface area (Å²) in [6, 6.07) is 12.3. The van der Waals surface area contributed by atoms with Gasteiger partial charge in [0, 0.05) is 9.92 Å². The lowest BCUT2D eigenvalue weighted by atomic mass is 10.2. The second kappa shape index (κ2) is 7.71. The van der Waals surface area contributed by atoms with Crippen molar-refractivity contribution in [3.05, 3.63) is 58.1 Å². The summed E-state index contributed by atoms with van der Waals surface area (Å²) in [6.07, 6.45) is 0. The monoisotopic (exact) mass is 341 g/mol. The molecule has 1 amide bonds. The molecule has 0 fully saturated rings. The third-order valence-corrected chi connectivity index (χ3v) is 4.26. The lowest BCUT2D eigenvalue weighted by molar-refractivity contribution is -0.113. The molecule has 0 aliphatic carbocycles. The maximum Gasteiger partial charge on any atom is 0.234 e. The van der Waals surface area contributed by atoms with Crippen LogP contribution in [0.2, 0.25) is 10.0 Å². The molecule has 0 saturated heterocycles. The van der Waals surface area contributed by atoms with Gasteiger partial charge in [-0.05, 0) is 35.9 Å². The molecule has 0 saturated carbocycles. The number of hydrogen-bond donors (Lipinski definition) is 2. The summed E-state index contributed by atoms with van der Waals surface area (Å²) in [4.78, 5) is 12.9. The van der Waals surface area contributed by atoms with Crippen molar-refractivity contribution in [1.82, 2.24) is 0 Å². The number of thioether (sulfide) groups is 1. The second-order valence-corrected chi connectivity index (χ2v) is 6.16. The quantitative estimate of drug-likeness (QED) is 0.800. The first-order chi connectivity index (χ1) is 10.1. The maximum atomic E-state index is 11.9. The molecule has 0 unspecified atom stereocenters. The smallest absolute Gasteiger partial charge is 0.234 e. The Kier molecular flexibility index (Phi) is 5.94. The summed E-state index contributed by atoms with van der Waals surface area (Å²) < 4.78 is 0. The van der Waals surface area contributed by atoms with Crippen LogP contribution in [0.25, 0.3) is 0 Å². The Morgan fingerprint density at radius 3 is 2.52 bits per heavy atom. The Morgan fingerprint density at radius 1 is 1.14 bits per heavy atom. The van der Waals surface area contributed by atoms with Gasteiger partial charge in [-0.1, -0.05) is 35.3 Å². The molecule has 0 aliphatic heterocycles. The number of nitrogens with one attached hydrogen (secondary N) is 1. The Morgan fingerprint density at radius 2 is 1.86 bits per heavy atom. The molecule has 2 rings (SSSR count). The third-order valence-electron chi connectivity index (χ3n) is 2.68. The molecule has 0 spiro atoms. The SMILES string of the molecule is O=C(CSc1ccc(CO)cc1)Nc1cc(Cl)ccc1Cl. The number of hydrogen-bond acceptors (Lipinski definition) is 3. The molecular formula is C15H13Cl2NO2S. The van der Waals surface area contributed by atoms with E-state index in [9.17, 15) is 4.79 Å². The molecule has 0 bridgehead atoms. The zero-order valence-electron chi connectivity index (χ0n) is 11.0. The van der Waals surface area contributed by atoms with Crippen molar-refractivity contribution in [2.45, 2.75) is 11.5 Å². The number of anilines is 1. The largest absolute Gasteiger partial charge is 0.392 e. The summed E-state index contributed by atoms with van der Waals surface area (Å²) in [7, 11) is 0. The number of carbonyl (C=O) groups excluding carboxylic acids is 1. The first-order valence-corrected chi connectivity index (χ1v) is 7.90. The molecule has 21 heavy (non-hydrogen) atoms. The second-order valence-electron chi connectivity index (χ2n) is 4.26. The molecule has 0 atom stereocenters. The molecule has 2 aromatic carbocycles. The first kappa shape index (κ1) is 16.2. The maximum absolute atomic E-state index is 11.9. The molecule has 0 aliphatic rings. The fourth-order valence-corrected chi connectivity index (χ4v) is 2.65. The van der Waals surface area contributed by atoms with Crippen molar-refractivity contribution in [2.75, 3.05) is 11.1 Å². The topological polar surface area (TPSA) is 49.3 Å². The van der Waals surface area contributed by atoms with Crippen LogP contribution in [0.1, 0.15) is 5.56 Å². The van der Waals surface area contributed by atoms with Crippen LogP contribution in [-0.2, 0) is 11.4 Å². The van der Waals surface area contributed by atoms with E-state index in [0.29, 0.717) is 15.7 Å². The standard InChI is InChI=1S/C15H13Cl2NO2S/c16-11-3-6-13(17)14(7-11)18-15(20)9-21-12-4-1-10(8-19)2-5-12/h1-7,19H,8-9H2,(H,18,20). The predicted molar refractivity (Wildman–Crippen MR) is 88.2 cm³/mol. The summed E-state index contributed by atoms with van der Waals surface area (Å²) in [6.45, 7) is 0.0126. The van der Waals surface area contributed by atoms with Crippen molar-refractivity contribution < 1.29 is 9.90 Å².